The molecule has 2 saturated heterocycles. The molecule has 1 saturated carbocycles. The van der Waals surface area contributed by atoms with Crippen LogP contribution in [0, 0.1) is 25.7 Å². The normalized spacial score (nSPS) is 26.5. The van der Waals surface area contributed by atoms with Gasteiger partial charge in [0.2, 0.25) is 5.91 Å². The second-order valence-electron chi connectivity index (χ2n) is 11.6. The average Bonchev–Trinajstić information content (AvgIpc) is 3.40. The molecular weight excluding hydrogens is 468 g/mol. The van der Waals surface area contributed by atoms with Gasteiger partial charge in [-0.05, 0) is 80.5 Å². The van der Waals surface area contributed by atoms with Gasteiger partial charge in [0.1, 0.15) is 11.4 Å². The molecule has 0 bridgehead atoms. The van der Waals surface area contributed by atoms with Crippen molar-refractivity contribution in [2.24, 2.45) is 16.8 Å². The fourth-order valence-corrected chi connectivity index (χ4v) is 7.52. The molecule has 196 valence electrons. The first-order chi connectivity index (χ1) is 17.3. The van der Waals surface area contributed by atoms with E-state index >= 15 is 0 Å². The summed E-state index contributed by atoms with van der Waals surface area (Å²) >= 11 is 1.91. The molecule has 5 rings (SSSR count). The Kier molecular flexibility index (Phi) is 7.78. The molecular formula is C29H42N4O2S. The Morgan fingerprint density at radius 2 is 1.75 bits per heavy atom. The zero-order valence-electron chi connectivity index (χ0n) is 22.3. The van der Waals surface area contributed by atoms with Gasteiger partial charge in [0.25, 0.3) is 5.91 Å². The number of benzene rings is 1. The van der Waals surface area contributed by atoms with Crippen LogP contribution in [0.5, 0.6) is 0 Å². The zero-order valence-corrected chi connectivity index (χ0v) is 23.1. The van der Waals surface area contributed by atoms with E-state index in [1.807, 2.05) is 16.8 Å². The van der Waals surface area contributed by atoms with Crippen LogP contribution in [0.2, 0.25) is 0 Å². The van der Waals surface area contributed by atoms with E-state index in [1.54, 1.807) is 0 Å². The molecule has 1 aromatic rings. The van der Waals surface area contributed by atoms with E-state index in [0.29, 0.717) is 12.3 Å². The smallest absolute Gasteiger partial charge is 0.253 e. The number of rotatable bonds is 7. The molecule has 6 nitrogen and oxygen atoms in total. The highest BCUT2D eigenvalue weighted by Crippen LogP contribution is 2.36. The molecule has 36 heavy (non-hydrogen) atoms. The number of likely N-dealkylation sites (tertiary alicyclic amines) is 1. The van der Waals surface area contributed by atoms with Crippen molar-refractivity contribution in [1.29, 1.82) is 0 Å². The van der Waals surface area contributed by atoms with Gasteiger partial charge in [-0.2, -0.15) is 0 Å². The minimum absolute atomic E-state index is 0.141. The summed E-state index contributed by atoms with van der Waals surface area (Å²) in [5.41, 5.74) is 4.82. The van der Waals surface area contributed by atoms with Crippen LogP contribution in [0.3, 0.4) is 0 Å². The Bertz CT molecular complexity index is 999. The second kappa shape index (κ2) is 10.9. The van der Waals surface area contributed by atoms with E-state index in [0.717, 1.165) is 82.2 Å². The summed E-state index contributed by atoms with van der Waals surface area (Å²) in [5.74, 6) is 3.71. The third kappa shape index (κ3) is 5.52. The lowest BCUT2D eigenvalue weighted by molar-refractivity contribution is -0.128. The van der Waals surface area contributed by atoms with Gasteiger partial charge in [-0.3, -0.25) is 18.9 Å². The van der Waals surface area contributed by atoms with Crippen molar-refractivity contribution in [1.82, 2.24) is 14.5 Å². The maximum Gasteiger partial charge on any atom is 0.253 e. The van der Waals surface area contributed by atoms with E-state index in [9.17, 15) is 9.59 Å². The van der Waals surface area contributed by atoms with Gasteiger partial charge in [0.15, 0.2) is 0 Å². The number of hydrogen-bond acceptors (Lipinski definition) is 5. The van der Waals surface area contributed by atoms with Crippen LogP contribution < -0.4 is 5.32 Å². The fraction of sp³-hybridized carbons (Fsp3) is 0.690. The van der Waals surface area contributed by atoms with Gasteiger partial charge < -0.3 is 10.2 Å². The van der Waals surface area contributed by atoms with Crippen LogP contribution in [0.1, 0.15) is 80.5 Å². The average molecular weight is 511 g/mol. The van der Waals surface area contributed by atoms with Gasteiger partial charge in [-0.15, -0.1) is 0 Å². The Morgan fingerprint density at radius 3 is 2.39 bits per heavy atom. The van der Waals surface area contributed by atoms with E-state index < -0.39 is 5.54 Å². The third-order valence-corrected chi connectivity index (χ3v) is 9.99. The number of carbonyl (C=O) groups is 2. The van der Waals surface area contributed by atoms with Crippen molar-refractivity contribution in [3.63, 3.8) is 0 Å². The van der Waals surface area contributed by atoms with Gasteiger partial charge in [0.05, 0.1) is 0 Å². The molecule has 3 heterocycles. The minimum atomic E-state index is -0.519. The number of amides is 2. The molecule has 1 aliphatic carbocycles. The summed E-state index contributed by atoms with van der Waals surface area (Å²) in [6.07, 6.45) is 9.18. The van der Waals surface area contributed by atoms with Crippen LogP contribution in [0.4, 0.5) is 0 Å². The lowest BCUT2D eigenvalue weighted by Crippen LogP contribution is -2.47. The second-order valence-corrected chi connectivity index (χ2v) is 12.8. The van der Waals surface area contributed by atoms with E-state index in [1.165, 1.54) is 35.1 Å². The van der Waals surface area contributed by atoms with Gasteiger partial charge in [-0.25, -0.2) is 0 Å². The maximum atomic E-state index is 12.9. The van der Waals surface area contributed by atoms with Crippen LogP contribution in [-0.2, 0) is 22.6 Å². The first-order valence-electron chi connectivity index (χ1n) is 14.0. The number of hydrogen-bond donors (Lipinski definition) is 1. The predicted molar refractivity (Wildman–Crippen MR) is 147 cm³/mol. The largest absolute Gasteiger partial charge is 0.338 e. The van der Waals surface area contributed by atoms with Crippen LogP contribution in [0.25, 0.3) is 0 Å². The van der Waals surface area contributed by atoms with Crippen LogP contribution in [-0.4, -0.2) is 57.8 Å². The topological polar surface area (TPSA) is 65.0 Å². The summed E-state index contributed by atoms with van der Waals surface area (Å²) in [6.45, 7) is 10.2. The number of nitrogens with zero attached hydrogens (tertiary/aromatic N) is 3. The zero-order chi connectivity index (χ0) is 25.3. The molecule has 1 N–H and O–H groups in total. The summed E-state index contributed by atoms with van der Waals surface area (Å²) < 4.78 is 2.44. The van der Waals surface area contributed by atoms with Crippen molar-refractivity contribution >= 4 is 29.6 Å². The molecule has 4 aliphatic rings. The fourth-order valence-electron chi connectivity index (χ4n) is 6.53. The quantitative estimate of drug-likeness (QED) is 0.535. The highest BCUT2D eigenvalue weighted by atomic mass is 32.2. The first kappa shape index (κ1) is 25.8. The number of aliphatic imine (C=N–C) groups is 1. The SMILES string of the molecule is Cc1cc(CN2CCCC2=O)cc(C)c1CCSN1CCC2(CC1)N=C(C1CCC(C)CC1)NC2=O. The van der Waals surface area contributed by atoms with E-state index in [-0.39, 0.29) is 11.8 Å². The highest BCUT2D eigenvalue weighted by Gasteiger charge is 2.47. The van der Waals surface area contributed by atoms with Crippen molar-refractivity contribution in [2.45, 2.75) is 90.6 Å². The summed E-state index contributed by atoms with van der Waals surface area (Å²) in [5, 5.41) is 3.18. The van der Waals surface area contributed by atoms with Gasteiger partial charge in [-0.1, -0.05) is 43.8 Å². The molecule has 3 aliphatic heterocycles. The van der Waals surface area contributed by atoms with Gasteiger partial charge in [0, 0.05) is 44.3 Å². The Labute approximate surface area is 220 Å². The van der Waals surface area contributed by atoms with Crippen molar-refractivity contribution in [3.8, 4) is 0 Å². The number of amidine groups is 1. The molecule has 0 unspecified atom stereocenters. The van der Waals surface area contributed by atoms with Crippen molar-refractivity contribution < 1.29 is 9.59 Å². The molecule has 1 aromatic carbocycles. The molecule has 0 aromatic heterocycles. The third-order valence-electron chi connectivity index (χ3n) is 8.88. The lowest BCUT2D eigenvalue weighted by Gasteiger charge is -2.34. The monoisotopic (exact) mass is 510 g/mol. The van der Waals surface area contributed by atoms with E-state index in [2.05, 4.69) is 42.5 Å². The number of nitrogens with one attached hydrogen (secondary N) is 1. The number of piperidine rings is 1. The van der Waals surface area contributed by atoms with Crippen LogP contribution in [0.15, 0.2) is 17.1 Å². The molecule has 7 heteroatoms. The molecule has 0 radical (unpaired) electrons. The van der Waals surface area contributed by atoms with Crippen LogP contribution >= 0.6 is 11.9 Å². The van der Waals surface area contributed by atoms with Gasteiger partial charge >= 0.3 is 0 Å². The molecule has 2 amide bonds. The first-order valence-corrected chi connectivity index (χ1v) is 14.9. The summed E-state index contributed by atoms with van der Waals surface area (Å²) in [4.78, 5) is 32.0. The minimum Gasteiger partial charge on any atom is -0.338 e. The number of carbonyl (C=O) groups excluding carboxylic acids is 2. The standard InChI is InChI=1S/C29H42N4O2S/c1-20-6-8-24(9-7-20)27-30-28(35)29(31-27)11-14-33(15-12-29)36-16-10-25-21(2)17-23(18-22(25)3)19-32-13-4-5-26(32)34/h17-18,20,24H,4-16,19H2,1-3H3,(H,30,31,35). The molecule has 0 atom stereocenters. The Hall–Kier alpha value is -1.86. The molecule has 1 spiro atoms. The Morgan fingerprint density at radius 1 is 1.06 bits per heavy atom. The summed E-state index contributed by atoms with van der Waals surface area (Å²) in [7, 11) is 0. The molecule has 3 fully saturated rings. The lowest BCUT2D eigenvalue weighted by atomic mass is 9.82. The number of aryl methyl sites for hydroxylation is 2. The van der Waals surface area contributed by atoms with Crippen molar-refractivity contribution in [3.05, 3.63) is 34.4 Å². The van der Waals surface area contributed by atoms with E-state index in [4.69, 9.17) is 4.99 Å². The van der Waals surface area contributed by atoms with Crippen molar-refractivity contribution in [2.75, 3.05) is 25.4 Å². The maximum absolute atomic E-state index is 12.9. The predicted octanol–water partition coefficient (Wildman–Crippen LogP) is 4.81. The Balaban J connectivity index is 1.11. The highest BCUT2D eigenvalue weighted by molar-refractivity contribution is 7.97. The summed E-state index contributed by atoms with van der Waals surface area (Å²) in [6, 6.07) is 4.54.